The van der Waals surface area contributed by atoms with E-state index in [1.807, 2.05) is 42.6 Å². The molecule has 0 aliphatic heterocycles. The number of rotatable bonds is 10. The van der Waals surface area contributed by atoms with Crippen molar-refractivity contribution < 1.29 is 19.0 Å². The van der Waals surface area contributed by atoms with Crippen LogP contribution in [0.25, 0.3) is 0 Å². The summed E-state index contributed by atoms with van der Waals surface area (Å²) in [5, 5.41) is 0.720. The van der Waals surface area contributed by atoms with Crippen molar-refractivity contribution in [2.75, 3.05) is 34.5 Å². The second kappa shape index (κ2) is 10.9. The number of ether oxygens (including phenoxy) is 3. The zero-order valence-corrected chi connectivity index (χ0v) is 18.8. The summed E-state index contributed by atoms with van der Waals surface area (Å²) in [6, 6.07) is 16.9. The van der Waals surface area contributed by atoms with E-state index in [9.17, 15) is 4.79 Å². The summed E-state index contributed by atoms with van der Waals surface area (Å²) in [7, 11) is 4.74. The molecule has 0 spiro atoms. The zero-order valence-electron chi connectivity index (χ0n) is 18.0. The number of halogens is 1. The topological polar surface area (TPSA) is 52.9 Å². The quantitative estimate of drug-likeness (QED) is 0.464. The van der Waals surface area contributed by atoms with Gasteiger partial charge in [0, 0.05) is 43.2 Å². The van der Waals surface area contributed by atoms with Crippen LogP contribution in [-0.4, -0.2) is 49.9 Å². The molecule has 0 saturated heterocycles. The molecule has 164 valence electrons. The summed E-state index contributed by atoms with van der Waals surface area (Å²) in [5.41, 5.74) is 2.49. The largest absolute Gasteiger partial charge is 0.497 e. The van der Waals surface area contributed by atoms with E-state index in [1.165, 1.54) is 0 Å². The number of hydrogen-bond acceptors (Lipinski definition) is 4. The number of carbonyl (C=O) groups is 1. The number of hydrogen-bond donors (Lipinski definition) is 0. The van der Waals surface area contributed by atoms with Gasteiger partial charge in [-0.3, -0.25) is 4.79 Å². The molecule has 0 atom stereocenters. The van der Waals surface area contributed by atoms with Crippen molar-refractivity contribution in [3.63, 3.8) is 0 Å². The Morgan fingerprint density at radius 1 is 1.03 bits per heavy atom. The van der Waals surface area contributed by atoms with E-state index in [2.05, 4.69) is 4.57 Å². The van der Waals surface area contributed by atoms with E-state index in [0.29, 0.717) is 43.3 Å². The molecule has 0 unspecified atom stereocenters. The summed E-state index contributed by atoms with van der Waals surface area (Å²) in [4.78, 5) is 15.2. The number of amides is 1. The van der Waals surface area contributed by atoms with Crippen LogP contribution in [0.1, 0.15) is 21.6 Å². The van der Waals surface area contributed by atoms with Crippen molar-refractivity contribution in [1.29, 1.82) is 0 Å². The molecule has 2 aromatic carbocycles. The third-order valence-electron chi connectivity index (χ3n) is 5.07. The van der Waals surface area contributed by atoms with Gasteiger partial charge in [0.15, 0.2) is 0 Å². The van der Waals surface area contributed by atoms with E-state index in [1.54, 1.807) is 44.4 Å². The van der Waals surface area contributed by atoms with Crippen LogP contribution in [-0.2, 0) is 17.8 Å². The molecule has 31 heavy (non-hydrogen) atoms. The minimum Gasteiger partial charge on any atom is -0.497 e. The van der Waals surface area contributed by atoms with Gasteiger partial charge in [0.1, 0.15) is 11.5 Å². The highest BCUT2D eigenvalue weighted by atomic mass is 35.5. The first-order chi connectivity index (χ1) is 15.1. The van der Waals surface area contributed by atoms with Gasteiger partial charge in [-0.05, 0) is 35.9 Å². The van der Waals surface area contributed by atoms with Crippen LogP contribution < -0.4 is 9.47 Å². The summed E-state index contributed by atoms with van der Waals surface area (Å²) in [5.74, 6) is 0.964. The van der Waals surface area contributed by atoms with Gasteiger partial charge in [-0.2, -0.15) is 0 Å². The first kappa shape index (κ1) is 22.7. The normalized spacial score (nSPS) is 10.7. The van der Waals surface area contributed by atoms with E-state index in [0.717, 1.165) is 16.3 Å². The van der Waals surface area contributed by atoms with Gasteiger partial charge < -0.3 is 23.7 Å². The van der Waals surface area contributed by atoms with Gasteiger partial charge in [-0.25, -0.2) is 0 Å². The maximum atomic E-state index is 13.4. The van der Waals surface area contributed by atoms with Crippen LogP contribution in [0.3, 0.4) is 0 Å². The minimum atomic E-state index is -0.137. The van der Waals surface area contributed by atoms with Gasteiger partial charge in [-0.1, -0.05) is 29.8 Å². The highest BCUT2D eigenvalue weighted by Gasteiger charge is 2.21. The Morgan fingerprint density at radius 3 is 2.55 bits per heavy atom. The molecule has 0 aliphatic rings. The highest BCUT2D eigenvalue weighted by Crippen LogP contribution is 2.26. The Morgan fingerprint density at radius 2 is 1.84 bits per heavy atom. The second-order valence-electron chi connectivity index (χ2n) is 7.00. The summed E-state index contributed by atoms with van der Waals surface area (Å²) in [6.45, 7) is 1.92. The predicted octanol–water partition coefficient (Wildman–Crippen LogP) is 4.50. The fourth-order valence-corrected chi connectivity index (χ4v) is 3.55. The molecular formula is C24H27ClN2O4. The lowest BCUT2D eigenvalue weighted by molar-refractivity contribution is 0.0672. The van der Waals surface area contributed by atoms with Crippen molar-refractivity contribution in [2.45, 2.75) is 13.1 Å². The summed E-state index contributed by atoms with van der Waals surface area (Å²) >= 11 is 6.34. The van der Waals surface area contributed by atoms with Crippen molar-refractivity contribution in [1.82, 2.24) is 9.47 Å². The average molecular weight is 443 g/mol. The minimum absolute atomic E-state index is 0.137. The van der Waals surface area contributed by atoms with Crippen LogP contribution in [0.5, 0.6) is 11.5 Å². The molecule has 6 nitrogen and oxygen atoms in total. The van der Waals surface area contributed by atoms with Gasteiger partial charge in [0.2, 0.25) is 0 Å². The smallest absolute Gasteiger partial charge is 0.258 e. The number of nitrogens with zero attached hydrogens (tertiary/aromatic N) is 2. The van der Waals surface area contributed by atoms with Crippen molar-refractivity contribution >= 4 is 17.5 Å². The molecule has 0 bridgehead atoms. The number of methoxy groups -OCH3 is 3. The number of aromatic nitrogens is 1. The monoisotopic (exact) mass is 442 g/mol. The van der Waals surface area contributed by atoms with Crippen LogP contribution in [0.15, 0.2) is 60.8 Å². The van der Waals surface area contributed by atoms with E-state index in [4.69, 9.17) is 25.8 Å². The average Bonchev–Trinajstić information content (AvgIpc) is 3.23. The lowest BCUT2D eigenvalue weighted by Crippen LogP contribution is -2.34. The van der Waals surface area contributed by atoms with E-state index in [-0.39, 0.29) is 5.91 Å². The van der Waals surface area contributed by atoms with E-state index >= 15 is 0 Å². The SMILES string of the molecule is COCCN(Cc1cccn1Cc1ccccc1Cl)C(=O)c1ccc(OC)cc1OC. The Hall–Kier alpha value is -2.96. The molecule has 0 aliphatic carbocycles. The predicted molar refractivity (Wildman–Crippen MR) is 121 cm³/mol. The van der Waals surface area contributed by atoms with Gasteiger partial charge >= 0.3 is 0 Å². The lowest BCUT2D eigenvalue weighted by atomic mass is 10.1. The number of benzene rings is 2. The molecule has 0 radical (unpaired) electrons. The van der Waals surface area contributed by atoms with E-state index < -0.39 is 0 Å². The second-order valence-corrected chi connectivity index (χ2v) is 7.41. The molecule has 0 saturated carbocycles. The van der Waals surface area contributed by atoms with Gasteiger partial charge in [0.25, 0.3) is 5.91 Å². The Labute approximate surface area is 187 Å². The molecular weight excluding hydrogens is 416 g/mol. The summed E-state index contributed by atoms with van der Waals surface area (Å²) in [6.07, 6.45) is 1.99. The first-order valence-corrected chi connectivity index (χ1v) is 10.3. The summed E-state index contributed by atoms with van der Waals surface area (Å²) < 4.78 is 18.0. The first-order valence-electron chi connectivity index (χ1n) is 9.95. The molecule has 3 rings (SSSR count). The molecule has 7 heteroatoms. The Balaban J connectivity index is 1.85. The standard InChI is InChI=1S/C24H27ClN2O4/c1-29-14-13-27(24(28)21-11-10-20(30-2)15-23(21)31-3)17-19-8-6-12-26(19)16-18-7-4-5-9-22(18)25/h4-12,15H,13-14,16-17H2,1-3H3. The fourth-order valence-electron chi connectivity index (χ4n) is 3.35. The maximum Gasteiger partial charge on any atom is 0.258 e. The molecule has 1 aromatic heterocycles. The Bertz CT molecular complexity index is 1020. The molecule has 0 N–H and O–H groups in total. The maximum absolute atomic E-state index is 13.4. The highest BCUT2D eigenvalue weighted by molar-refractivity contribution is 6.31. The number of carbonyl (C=O) groups excluding carboxylic acids is 1. The van der Waals surface area contributed by atoms with Crippen LogP contribution in [0.2, 0.25) is 5.02 Å². The van der Waals surface area contributed by atoms with Crippen molar-refractivity contribution in [2.24, 2.45) is 0 Å². The van der Waals surface area contributed by atoms with Crippen LogP contribution in [0, 0.1) is 0 Å². The van der Waals surface area contributed by atoms with Gasteiger partial charge in [0.05, 0.1) is 32.9 Å². The molecule has 1 amide bonds. The fraction of sp³-hybridized carbons (Fsp3) is 0.292. The third kappa shape index (κ3) is 5.60. The van der Waals surface area contributed by atoms with Gasteiger partial charge in [-0.15, -0.1) is 0 Å². The molecule has 3 aromatic rings. The van der Waals surface area contributed by atoms with Crippen molar-refractivity contribution in [3.05, 3.63) is 82.6 Å². The molecule has 0 fully saturated rings. The third-order valence-corrected chi connectivity index (χ3v) is 5.44. The zero-order chi connectivity index (χ0) is 22.2. The Kier molecular flexibility index (Phi) is 7.98. The molecule has 1 heterocycles. The van der Waals surface area contributed by atoms with Crippen molar-refractivity contribution in [3.8, 4) is 11.5 Å². The lowest BCUT2D eigenvalue weighted by Gasteiger charge is -2.24. The van der Waals surface area contributed by atoms with Crippen LogP contribution >= 0.6 is 11.6 Å². The van der Waals surface area contributed by atoms with Crippen LogP contribution in [0.4, 0.5) is 0 Å².